The molecule has 90 valence electrons. The molecule has 0 saturated carbocycles. The van der Waals surface area contributed by atoms with Crippen LogP contribution in [-0.4, -0.2) is 26.5 Å². The van der Waals surface area contributed by atoms with Crippen molar-refractivity contribution >= 4 is 0 Å². The maximum absolute atomic E-state index is 8.96. The van der Waals surface area contributed by atoms with Gasteiger partial charge in [-0.3, -0.25) is 0 Å². The molecule has 0 fully saturated rings. The maximum atomic E-state index is 8.96. The monoisotopic (exact) mass is 233 g/mol. The first-order chi connectivity index (χ1) is 8.31. The molecule has 1 aromatic carbocycles. The lowest BCUT2D eigenvalue weighted by atomic mass is 10.1. The summed E-state index contributed by atoms with van der Waals surface area (Å²) in [6, 6.07) is 7.68. The number of aliphatic hydroxyl groups excluding tert-OH is 1. The second-order valence-corrected chi connectivity index (χ2v) is 3.73. The Bertz CT molecular complexity index is 482. The van der Waals surface area contributed by atoms with E-state index in [4.69, 9.17) is 9.84 Å². The van der Waals surface area contributed by atoms with Gasteiger partial charge >= 0.3 is 0 Å². The Kier molecular flexibility index (Phi) is 3.72. The Morgan fingerprint density at radius 1 is 1.35 bits per heavy atom. The molecular formula is C12H15N3O2. The average Bonchev–Trinajstić information content (AvgIpc) is 2.74. The zero-order valence-electron chi connectivity index (χ0n) is 9.71. The largest absolute Gasteiger partial charge is 0.485 e. The maximum Gasteiger partial charge on any atom is 0.170 e. The van der Waals surface area contributed by atoms with E-state index >= 15 is 0 Å². The fraction of sp³-hybridized carbons (Fsp3) is 0.333. The van der Waals surface area contributed by atoms with Gasteiger partial charge in [-0.25, -0.2) is 0 Å². The number of aromatic nitrogens is 3. The number of aryl methyl sites for hydroxylation is 1. The van der Waals surface area contributed by atoms with E-state index in [9.17, 15) is 0 Å². The second kappa shape index (κ2) is 5.45. The first-order valence-electron chi connectivity index (χ1n) is 5.45. The topological polar surface area (TPSA) is 60.2 Å². The SMILES string of the molecule is Cn1cnnc1COc1ccccc1CCO. The molecule has 0 amide bonds. The third-order valence-corrected chi connectivity index (χ3v) is 2.52. The summed E-state index contributed by atoms with van der Waals surface area (Å²) in [6.07, 6.45) is 2.23. The Labute approximate surface area is 99.7 Å². The minimum absolute atomic E-state index is 0.115. The van der Waals surface area contributed by atoms with Crippen LogP contribution in [0.15, 0.2) is 30.6 Å². The highest BCUT2D eigenvalue weighted by Gasteiger charge is 2.05. The van der Waals surface area contributed by atoms with Crippen molar-refractivity contribution in [3.63, 3.8) is 0 Å². The van der Waals surface area contributed by atoms with Gasteiger partial charge in [-0.15, -0.1) is 10.2 Å². The van der Waals surface area contributed by atoms with Gasteiger partial charge < -0.3 is 14.4 Å². The van der Waals surface area contributed by atoms with Crippen LogP contribution in [0.4, 0.5) is 0 Å². The van der Waals surface area contributed by atoms with Gasteiger partial charge in [-0.05, 0) is 18.1 Å². The Morgan fingerprint density at radius 3 is 2.88 bits per heavy atom. The van der Waals surface area contributed by atoms with Gasteiger partial charge in [0.25, 0.3) is 0 Å². The molecule has 5 heteroatoms. The smallest absolute Gasteiger partial charge is 0.170 e. The third kappa shape index (κ3) is 2.82. The van der Waals surface area contributed by atoms with Crippen LogP contribution in [0.1, 0.15) is 11.4 Å². The number of benzene rings is 1. The number of para-hydroxylation sites is 1. The molecule has 5 nitrogen and oxygen atoms in total. The van der Waals surface area contributed by atoms with Crippen molar-refractivity contribution in [1.82, 2.24) is 14.8 Å². The lowest BCUT2D eigenvalue weighted by molar-refractivity contribution is 0.276. The van der Waals surface area contributed by atoms with Gasteiger partial charge in [0, 0.05) is 13.7 Å². The number of hydrogen-bond donors (Lipinski definition) is 1. The van der Waals surface area contributed by atoms with Crippen LogP contribution in [0, 0.1) is 0 Å². The lowest BCUT2D eigenvalue weighted by Crippen LogP contribution is -2.05. The van der Waals surface area contributed by atoms with Crippen LogP contribution in [0.3, 0.4) is 0 Å². The molecule has 0 aliphatic carbocycles. The van der Waals surface area contributed by atoms with E-state index in [-0.39, 0.29) is 6.61 Å². The van der Waals surface area contributed by atoms with Crippen molar-refractivity contribution in [3.05, 3.63) is 42.0 Å². The van der Waals surface area contributed by atoms with Crippen LogP contribution in [0.5, 0.6) is 5.75 Å². The predicted molar refractivity (Wildman–Crippen MR) is 62.6 cm³/mol. The number of rotatable bonds is 5. The third-order valence-electron chi connectivity index (χ3n) is 2.52. The molecule has 2 aromatic rings. The molecule has 0 spiro atoms. The van der Waals surface area contributed by atoms with E-state index < -0.39 is 0 Å². The van der Waals surface area contributed by atoms with Crippen LogP contribution in [0.2, 0.25) is 0 Å². The van der Waals surface area contributed by atoms with Crippen molar-refractivity contribution < 1.29 is 9.84 Å². The molecule has 0 aliphatic rings. The van der Waals surface area contributed by atoms with Crippen molar-refractivity contribution in [2.24, 2.45) is 7.05 Å². The quantitative estimate of drug-likeness (QED) is 0.834. The Morgan fingerprint density at radius 2 is 2.18 bits per heavy atom. The number of hydrogen-bond acceptors (Lipinski definition) is 4. The van der Waals surface area contributed by atoms with E-state index in [1.165, 1.54) is 0 Å². The molecule has 1 aromatic heterocycles. The summed E-state index contributed by atoms with van der Waals surface area (Å²) in [5.74, 6) is 1.55. The van der Waals surface area contributed by atoms with Crippen LogP contribution < -0.4 is 4.74 Å². The molecule has 0 aliphatic heterocycles. The van der Waals surface area contributed by atoms with Crippen LogP contribution in [-0.2, 0) is 20.1 Å². The molecule has 2 rings (SSSR count). The van der Waals surface area contributed by atoms with Gasteiger partial charge in [-0.2, -0.15) is 0 Å². The van der Waals surface area contributed by atoms with Gasteiger partial charge in [0.1, 0.15) is 18.7 Å². The normalized spacial score (nSPS) is 10.5. The van der Waals surface area contributed by atoms with Crippen molar-refractivity contribution in [3.8, 4) is 5.75 Å². The van der Waals surface area contributed by atoms with E-state index in [1.807, 2.05) is 35.9 Å². The van der Waals surface area contributed by atoms with E-state index in [0.29, 0.717) is 13.0 Å². The highest BCUT2D eigenvalue weighted by Crippen LogP contribution is 2.19. The molecule has 1 heterocycles. The highest BCUT2D eigenvalue weighted by atomic mass is 16.5. The van der Waals surface area contributed by atoms with Crippen LogP contribution >= 0.6 is 0 Å². The summed E-state index contributed by atoms with van der Waals surface area (Å²) in [5.41, 5.74) is 0.997. The summed E-state index contributed by atoms with van der Waals surface area (Å²) in [4.78, 5) is 0. The summed E-state index contributed by atoms with van der Waals surface area (Å²) < 4.78 is 7.49. The van der Waals surface area contributed by atoms with E-state index in [0.717, 1.165) is 17.1 Å². The molecule has 0 unspecified atom stereocenters. The fourth-order valence-electron chi connectivity index (χ4n) is 1.55. The minimum Gasteiger partial charge on any atom is -0.485 e. The Balaban J connectivity index is 2.06. The first-order valence-corrected chi connectivity index (χ1v) is 5.45. The number of nitrogens with zero attached hydrogens (tertiary/aromatic N) is 3. The molecular weight excluding hydrogens is 218 g/mol. The number of aliphatic hydroxyl groups is 1. The van der Waals surface area contributed by atoms with Crippen molar-refractivity contribution in [1.29, 1.82) is 0 Å². The molecule has 0 atom stereocenters. The van der Waals surface area contributed by atoms with E-state index in [2.05, 4.69) is 10.2 Å². The summed E-state index contributed by atoms with van der Waals surface area (Å²) in [5, 5.41) is 16.7. The summed E-state index contributed by atoms with van der Waals surface area (Å²) in [6.45, 7) is 0.489. The van der Waals surface area contributed by atoms with E-state index in [1.54, 1.807) is 6.33 Å². The summed E-state index contributed by atoms with van der Waals surface area (Å²) in [7, 11) is 1.87. The molecule has 17 heavy (non-hydrogen) atoms. The molecule has 0 radical (unpaired) electrons. The standard InChI is InChI=1S/C12H15N3O2/c1-15-9-13-14-12(15)8-17-11-5-3-2-4-10(11)6-7-16/h2-5,9,16H,6-8H2,1H3. The van der Waals surface area contributed by atoms with Crippen molar-refractivity contribution in [2.75, 3.05) is 6.61 Å². The zero-order chi connectivity index (χ0) is 12.1. The average molecular weight is 233 g/mol. The second-order valence-electron chi connectivity index (χ2n) is 3.73. The van der Waals surface area contributed by atoms with Crippen molar-refractivity contribution in [2.45, 2.75) is 13.0 Å². The number of ether oxygens (including phenoxy) is 1. The minimum atomic E-state index is 0.115. The lowest BCUT2D eigenvalue weighted by Gasteiger charge is -2.09. The van der Waals surface area contributed by atoms with Gasteiger partial charge in [0.05, 0.1) is 0 Å². The molecule has 0 bridgehead atoms. The summed E-state index contributed by atoms with van der Waals surface area (Å²) >= 11 is 0. The molecule has 1 N–H and O–H groups in total. The van der Waals surface area contributed by atoms with Gasteiger partial charge in [0.15, 0.2) is 5.82 Å². The van der Waals surface area contributed by atoms with Gasteiger partial charge in [-0.1, -0.05) is 18.2 Å². The fourth-order valence-corrected chi connectivity index (χ4v) is 1.55. The predicted octanol–water partition coefficient (Wildman–Crippen LogP) is 0.929. The first kappa shape index (κ1) is 11.6. The van der Waals surface area contributed by atoms with Crippen LogP contribution in [0.25, 0.3) is 0 Å². The van der Waals surface area contributed by atoms with Gasteiger partial charge in [0.2, 0.25) is 0 Å². The molecule has 0 saturated heterocycles. The zero-order valence-corrected chi connectivity index (χ0v) is 9.71. The Hall–Kier alpha value is -1.88. The highest BCUT2D eigenvalue weighted by molar-refractivity contribution is 5.33.